The number of aliphatic hydroxyl groups is 5. The molecule has 3 rings (SSSR count). The second-order valence-corrected chi connectivity index (χ2v) is 7.43. The van der Waals surface area contributed by atoms with Crippen LogP contribution < -0.4 is 0 Å². The van der Waals surface area contributed by atoms with Crippen molar-refractivity contribution >= 4 is 5.97 Å². The van der Waals surface area contributed by atoms with Crippen LogP contribution in [-0.4, -0.2) is 87.8 Å². The van der Waals surface area contributed by atoms with Gasteiger partial charge in [0.1, 0.15) is 24.4 Å². The number of methoxy groups -OCH3 is 1. The maximum atomic E-state index is 12.0. The molecule has 2 heterocycles. The predicted octanol–water partition coefficient (Wildman–Crippen LogP) is -2.01. The Kier molecular flexibility index (Phi) is 5.78. The van der Waals surface area contributed by atoms with Gasteiger partial charge in [-0.3, -0.25) is 0 Å². The number of carbonyl (C=O) groups is 1. The Bertz CT molecular complexity index is 588. The van der Waals surface area contributed by atoms with E-state index in [4.69, 9.17) is 18.9 Å². The lowest BCUT2D eigenvalue weighted by Crippen LogP contribution is -2.60. The van der Waals surface area contributed by atoms with E-state index >= 15 is 0 Å². The number of esters is 1. The monoisotopic (exact) mass is 390 g/mol. The number of hydrogen-bond donors (Lipinski definition) is 5. The number of carbonyl (C=O) groups excluding carboxylic acids is 1. The molecule has 0 radical (unpaired) electrons. The minimum atomic E-state index is -1.60. The predicted molar refractivity (Wildman–Crippen MR) is 86.7 cm³/mol. The molecule has 0 aromatic rings. The van der Waals surface area contributed by atoms with E-state index in [0.29, 0.717) is 12.8 Å². The Labute approximate surface area is 155 Å². The fraction of sp³-hybridized carbons (Fsp3) is 0.824. The zero-order valence-electron chi connectivity index (χ0n) is 15.1. The Balaban J connectivity index is 1.82. The Morgan fingerprint density at radius 1 is 1.26 bits per heavy atom. The molecule has 0 aromatic carbocycles. The molecule has 0 unspecified atom stereocenters. The summed E-state index contributed by atoms with van der Waals surface area (Å²) >= 11 is 0. The highest BCUT2D eigenvalue weighted by molar-refractivity contribution is 5.89. The second-order valence-electron chi connectivity index (χ2n) is 7.43. The van der Waals surface area contributed by atoms with E-state index in [0.717, 1.165) is 0 Å². The van der Waals surface area contributed by atoms with Crippen LogP contribution in [0.1, 0.15) is 19.8 Å². The molecule has 0 amide bonds. The molecule has 0 bridgehead atoms. The lowest BCUT2D eigenvalue weighted by atomic mass is 9.81. The number of hydrogen-bond acceptors (Lipinski definition) is 10. The van der Waals surface area contributed by atoms with Gasteiger partial charge in [-0.25, -0.2) is 4.79 Å². The highest BCUT2D eigenvalue weighted by Gasteiger charge is 2.56. The number of ether oxygens (including phenoxy) is 4. The minimum Gasteiger partial charge on any atom is -0.471 e. The van der Waals surface area contributed by atoms with E-state index in [1.54, 1.807) is 6.92 Å². The molecular formula is C17H26O10. The molecule has 1 saturated carbocycles. The van der Waals surface area contributed by atoms with Gasteiger partial charge in [0.05, 0.1) is 37.1 Å². The van der Waals surface area contributed by atoms with Gasteiger partial charge in [0.2, 0.25) is 6.29 Å². The van der Waals surface area contributed by atoms with Crippen molar-refractivity contribution in [2.45, 2.75) is 62.4 Å². The first kappa shape index (κ1) is 20.5. The first-order valence-corrected chi connectivity index (χ1v) is 8.83. The Morgan fingerprint density at radius 3 is 2.59 bits per heavy atom. The summed E-state index contributed by atoms with van der Waals surface area (Å²) in [6.07, 6.45) is -6.19. The van der Waals surface area contributed by atoms with E-state index in [1.165, 1.54) is 13.4 Å². The van der Waals surface area contributed by atoms with Crippen LogP contribution >= 0.6 is 0 Å². The molecule has 5 N–H and O–H groups in total. The number of rotatable bonds is 4. The lowest BCUT2D eigenvalue weighted by Gasteiger charge is -2.44. The molecule has 2 fully saturated rings. The van der Waals surface area contributed by atoms with Crippen molar-refractivity contribution in [1.82, 2.24) is 0 Å². The van der Waals surface area contributed by atoms with Crippen LogP contribution in [0, 0.1) is 11.8 Å². The SMILES string of the molecule is COC(=O)C1=CO[C@@H](O[C@@H]2O[C@H](CO)[C@@H](O)[C@H](O)[C@H]2O)[C@H]2[C@H]1CC[C@]2(C)O. The third-order valence-electron chi connectivity index (χ3n) is 5.67. The van der Waals surface area contributed by atoms with Gasteiger partial charge in [0, 0.05) is 5.92 Å². The summed E-state index contributed by atoms with van der Waals surface area (Å²) in [5.41, 5.74) is -0.925. The largest absolute Gasteiger partial charge is 0.471 e. The normalized spacial score (nSPS) is 47.0. The first-order valence-electron chi connectivity index (χ1n) is 8.83. The summed E-state index contributed by atoms with van der Waals surface area (Å²) < 4.78 is 21.3. The third-order valence-corrected chi connectivity index (χ3v) is 5.67. The van der Waals surface area contributed by atoms with Gasteiger partial charge in [0.25, 0.3) is 0 Å². The average molecular weight is 390 g/mol. The molecule has 3 aliphatic rings. The number of aliphatic hydroxyl groups excluding tert-OH is 4. The Morgan fingerprint density at radius 2 is 1.96 bits per heavy atom. The summed E-state index contributed by atoms with van der Waals surface area (Å²) in [5.74, 6) is -1.59. The fourth-order valence-corrected chi connectivity index (χ4v) is 4.12. The quantitative estimate of drug-likeness (QED) is 0.340. The van der Waals surface area contributed by atoms with E-state index < -0.39 is 61.1 Å². The fourth-order valence-electron chi connectivity index (χ4n) is 4.12. The van der Waals surface area contributed by atoms with E-state index in [2.05, 4.69) is 0 Å². The zero-order valence-corrected chi connectivity index (χ0v) is 15.1. The molecule has 154 valence electrons. The van der Waals surface area contributed by atoms with Crippen LogP contribution in [0.5, 0.6) is 0 Å². The van der Waals surface area contributed by atoms with Gasteiger partial charge in [-0.2, -0.15) is 0 Å². The standard InChI is InChI=1S/C17H26O10/c1-17(23)4-3-7-8(14(22)24-2)6-25-15(10(7)17)27-16-13(21)12(20)11(19)9(5-18)26-16/h6-7,9-13,15-16,18-21,23H,3-5H2,1-2H3/t7-,9+,10+,11+,12-,13+,15-,16-,17-/m0/s1. The van der Waals surface area contributed by atoms with Crippen molar-refractivity contribution in [1.29, 1.82) is 0 Å². The molecule has 10 nitrogen and oxygen atoms in total. The molecule has 27 heavy (non-hydrogen) atoms. The summed E-state index contributed by atoms with van der Waals surface area (Å²) in [6, 6.07) is 0. The zero-order chi connectivity index (χ0) is 19.9. The topological polar surface area (TPSA) is 155 Å². The van der Waals surface area contributed by atoms with Crippen LogP contribution in [-0.2, 0) is 23.7 Å². The molecule has 0 spiro atoms. The minimum absolute atomic E-state index is 0.286. The van der Waals surface area contributed by atoms with Crippen molar-refractivity contribution < 1.29 is 49.3 Å². The van der Waals surface area contributed by atoms with E-state index in [-0.39, 0.29) is 11.5 Å². The summed E-state index contributed by atoms with van der Waals surface area (Å²) in [5, 5.41) is 49.9. The van der Waals surface area contributed by atoms with Crippen LogP contribution in [0.4, 0.5) is 0 Å². The maximum absolute atomic E-state index is 12.0. The van der Waals surface area contributed by atoms with Gasteiger partial charge < -0.3 is 44.5 Å². The van der Waals surface area contributed by atoms with Gasteiger partial charge in [-0.15, -0.1) is 0 Å². The van der Waals surface area contributed by atoms with Crippen molar-refractivity contribution in [3.8, 4) is 0 Å². The highest BCUT2D eigenvalue weighted by Crippen LogP contribution is 2.49. The summed E-state index contributed by atoms with van der Waals surface area (Å²) in [7, 11) is 1.25. The maximum Gasteiger partial charge on any atom is 0.337 e. The van der Waals surface area contributed by atoms with Crippen LogP contribution in [0.15, 0.2) is 11.8 Å². The van der Waals surface area contributed by atoms with Crippen molar-refractivity contribution in [2.24, 2.45) is 11.8 Å². The van der Waals surface area contributed by atoms with Crippen LogP contribution in [0.3, 0.4) is 0 Å². The van der Waals surface area contributed by atoms with Gasteiger partial charge in [0.15, 0.2) is 6.29 Å². The van der Waals surface area contributed by atoms with Crippen LogP contribution in [0.25, 0.3) is 0 Å². The molecule has 1 saturated heterocycles. The summed E-state index contributed by atoms with van der Waals surface area (Å²) in [6.45, 7) is 1.01. The first-order chi connectivity index (χ1) is 12.7. The van der Waals surface area contributed by atoms with E-state index in [9.17, 15) is 30.3 Å². The molecule has 10 heteroatoms. The van der Waals surface area contributed by atoms with E-state index in [1.807, 2.05) is 0 Å². The molecular weight excluding hydrogens is 364 g/mol. The van der Waals surface area contributed by atoms with Crippen molar-refractivity contribution in [2.75, 3.05) is 13.7 Å². The van der Waals surface area contributed by atoms with Crippen molar-refractivity contribution in [3.05, 3.63) is 11.8 Å². The molecule has 1 aliphatic carbocycles. The van der Waals surface area contributed by atoms with Crippen LogP contribution in [0.2, 0.25) is 0 Å². The van der Waals surface area contributed by atoms with Crippen molar-refractivity contribution in [3.63, 3.8) is 0 Å². The van der Waals surface area contributed by atoms with Gasteiger partial charge >= 0.3 is 5.97 Å². The third kappa shape index (κ3) is 3.58. The lowest BCUT2D eigenvalue weighted by molar-refractivity contribution is -0.346. The molecule has 9 atom stereocenters. The smallest absolute Gasteiger partial charge is 0.337 e. The highest BCUT2D eigenvalue weighted by atomic mass is 16.8. The Hall–Kier alpha value is -1.27. The number of fused-ring (bicyclic) bond motifs is 1. The second kappa shape index (κ2) is 7.63. The van der Waals surface area contributed by atoms with Gasteiger partial charge in [-0.05, 0) is 19.8 Å². The molecule has 0 aromatic heterocycles. The summed E-state index contributed by atoms with van der Waals surface area (Å²) in [4.78, 5) is 12.0. The van der Waals surface area contributed by atoms with Gasteiger partial charge in [-0.1, -0.05) is 0 Å². The average Bonchev–Trinajstić information content (AvgIpc) is 2.97. The molecule has 2 aliphatic heterocycles.